The summed E-state index contributed by atoms with van der Waals surface area (Å²) in [5, 5.41) is 7.10. The van der Waals surface area contributed by atoms with E-state index in [1.807, 2.05) is 43.6 Å². The molecule has 4 amide bonds. The quantitative estimate of drug-likeness (QED) is 0.115. The molecule has 10 rings (SSSR count). The molecular formula is C53H68F2N10O6. The van der Waals surface area contributed by atoms with E-state index >= 15 is 8.78 Å². The van der Waals surface area contributed by atoms with Gasteiger partial charge in [-0.1, -0.05) is 45.9 Å². The molecule has 16 nitrogen and oxygen atoms in total. The Morgan fingerprint density at radius 1 is 0.732 bits per heavy atom. The summed E-state index contributed by atoms with van der Waals surface area (Å²) >= 11 is 0. The normalized spacial score (nSPS) is 24.5. The van der Waals surface area contributed by atoms with Gasteiger partial charge in [-0.05, 0) is 118 Å². The molecule has 6 aliphatic rings. The maximum Gasteiger partial charge on any atom is 0.407 e. The molecule has 380 valence electrons. The standard InChI is InChI=1S/C53H68F2N10O6/c1-29(2)44(60-51(68)70-5)49(66)63-21-7-9-42(63)47-56-36-13-11-31(25-38(36)58-47)40-15-16-41(65(40)33-27-34(54)46(35(55)28-33)62-23-19-53(17-18-53)20-24-62)32-12-14-37-39(26-32)59-48(57-37)43-10-8-22-64(43)50(67)45(30(3)4)61-52(69)71-6/h11,13-14,25-30,32,40-45H,7-10,12,15-24H2,1-6H3,(H,56,58)(H,57,59)(H,60,68)(H,61,69)/t32?,40-,41-,42+,43+,44+,45+/m1/s1. The summed E-state index contributed by atoms with van der Waals surface area (Å²) in [6.07, 6.45) is 12.5. The van der Waals surface area contributed by atoms with Crippen LogP contribution in [0.3, 0.4) is 0 Å². The number of hydrogen-bond acceptors (Lipinski definition) is 10. The molecule has 2 aliphatic carbocycles. The van der Waals surface area contributed by atoms with Crippen LogP contribution in [0.1, 0.15) is 134 Å². The van der Waals surface area contributed by atoms with E-state index in [0.717, 1.165) is 72.2 Å². The highest BCUT2D eigenvalue weighted by Crippen LogP contribution is 2.54. The molecule has 2 aromatic heterocycles. The number of benzene rings is 2. The molecule has 5 fully saturated rings. The first-order valence-electron chi connectivity index (χ1n) is 25.8. The van der Waals surface area contributed by atoms with Crippen molar-refractivity contribution in [2.45, 2.75) is 135 Å². The van der Waals surface area contributed by atoms with Gasteiger partial charge in [0.25, 0.3) is 0 Å². The van der Waals surface area contributed by atoms with Gasteiger partial charge in [-0.3, -0.25) is 9.59 Å². The summed E-state index contributed by atoms with van der Waals surface area (Å²) < 4.78 is 42.9. The van der Waals surface area contributed by atoms with Crippen molar-refractivity contribution in [3.8, 4) is 0 Å². The van der Waals surface area contributed by atoms with Gasteiger partial charge in [0.1, 0.15) is 29.4 Å². The van der Waals surface area contributed by atoms with Crippen LogP contribution in [0.2, 0.25) is 0 Å². The average molecular weight is 979 g/mol. The Bertz CT molecular complexity index is 2790. The van der Waals surface area contributed by atoms with Gasteiger partial charge in [-0.2, -0.15) is 0 Å². The highest BCUT2D eigenvalue weighted by molar-refractivity contribution is 5.87. The molecule has 4 aliphatic heterocycles. The summed E-state index contributed by atoms with van der Waals surface area (Å²) in [5.41, 5.74) is 3.42. The van der Waals surface area contributed by atoms with Crippen LogP contribution in [-0.2, 0) is 19.1 Å². The van der Waals surface area contributed by atoms with E-state index < -0.39 is 35.9 Å². The first kappa shape index (κ1) is 48.4. The largest absolute Gasteiger partial charge is 0.453 e. The lowest BCUT2D eigenvalue weighted by Gasteiger charge is -2.38. The summed E-state index contributed by atoms with van der Waals surface area (Å²) in [7, 11) is 2.56. The van der Waals surface area contributed by atoms with Gasteiger partial charge in [0.15, 0.2) is 11.6 Å². The number of likely N-dealkylation sites (tertiary alicyclic amines) is 2. The van der Waals surface area contributed by atoms with Gasteiger partial charge in [-0.25, -0.2) is 28.3 Å². The summed E-state index contributed by atoms with van der Waals surface area (Å²) in [6, 6.07) is 6.69. The molecule has 6 heterocycles. The van der Waals surface area contributed by atoms with Crippen molar-refractivity contribution in [2.24, 2.45) is 23.2 Å². The Labute approximate surface area is 413 Å². The topological polar surface area (TPSA) is 181 Å². The SMILES string of the molecule is COC(=O)N[C@H](C(=O)N1CCC[C@H]1c1nc2c([nH]1)=CC([C@H]1CC[C@H](c3ccc4nc([C@@H]5CCCN5C(=O)[C@@H](NC(=O)OC)C(C)C)[nH]c4c3)N1c1cc(F)c(N3CCC4(CC3)CC4)c(F)c1)CC=2)C(C)C. The molecule has 4 aromatic rings. The maximum atomic E-state index is 16.6. The number of nitrogens with one attached hydrogen (secondary N) is 4. The van der Waals surface area contributed by atoms with Crippen molar-refractivity contribution < 1.29 is 37.4 Å². The lowest BCUT2D eigenvalue weighted by molar-refractivity contribution is -0.136. The Hall–Kier alpha value is -6.20. The van der Waals surface area contributed by atoms with E-state index in [1.54, 1.807) is 4.90 Å². The van der Waals surface area contributed by atoms with E-state index in [1.165, 1.54) is 39.2 Å². The van der Waals surface area contributed by atoms with Gasteiger partial charge in [0.2, 0.25) is 11.8 Å². The smallest absolute Gasteiger partial charge is 0.407 e. The lowest BCUT2D eigenvalue weighted by Crippen LogP contribution is -2.51. The second-order valence-corrected chi connectivity index (χ2v) is 21.5. The van der Waals surface area contributed by atoms with Crippen LogP contribution < -0.4 is 31.1 Å². The van der Waals surface area contributed by atoms with Gasteiger partial charge >= 0.3 is 12.2 Å². The van der Waals surface area contributed by atoms with Crippen molar-refractivity contribution in [2.75, 3.05) is 50.2 Å². The van der Waals surface area contributed by atoms with Gasteiger partial charge in [0, 0.05) is 43.8 Å². The van der Waals surface area contributed by atoms with Crippen LogP contribution >= 0.6 is 0 Å². The molecule has 2 aromatic carbocycles. The third kappa shape index (κ3) is 9.31. The van der Waals surface area contributed by atoms with Gasteiger partial charge in [-0.15, -0.1) is 0 Å². The van der Waals surface area contributed by atoms with Crippen molar-refractivity contribution in [1.82, 2.24) is 40.4 Å². The second kappa shape index (κ2) is 19.4. The number of fused-ring (bicyclic) bond motifs is 2. The van der Waals surface area contributed by atoms with Gasteiger partial charge in [0.05, 0.1) is 54.1 Å². The molecular weight excluding hydrogens is 911 g/mol. The van der Waals surface area contributed by atoms with E-state index in [9.17, 15) is 19.2 Å². The third-order valence-corrected chi connectivity index (χ3v) is 16.5. The third-order valence-electron chi connectivity index (χ3n) is 16.5. The first-order valence-corrected chi connectivity index (χ1v) is 25.8. The van der Waals surface area contributed by atoms with Crippen molar-refractivity contribution in [1.29, 1.82) is 0 Å². The van der Waals surface area contributed by atoms with E-state index in [-0.39, 0.29) is 59.4 Å². The number of rotatable bonds is 12. The number of halogens is 2. The number of ether oxygens (including phenoxy) is 2. The second-order valence-electron chi connectivity index (χ2n) is 21.5. The van der Waals surface area contributed by atoms with Crippen molar-refractivity contribution >= 4 is 58.6 Å². The highest BCUT2D eigenvalue weighted by atomic mass is 19.1. The number of amides is 4. The fourth-order valence-electron chi connectivity index (χ4n) is 12.3. The molecule has 1 unspecified atom stereocenters. The number of methoxy groups -OCH3 is 2. The monoisotopic (exact) mass is 979 g/mol. The Morgan fingerprint density at radius 2 is 1.32 bits per heavy atom. The first-order chi connectivity index (χ1) is 34.1. The Balaban J connectivity index is 0.955. The molecule has 1 spiro atoms. The number of aromatic nitrogens is 4. The van der Waals surface area contributed by atoms with E-state index in [2.05, 4.69) is 49.8 Å². The lowest BCUT2D eigenvalue weighted by atomic mass is 9.91. The van der Waals surface area contributed by atoms with Crippen molar-refractivity contribution in [3.63, 3.8) is 0 Å². The molecule has 7 atom stereocenters. The molecule has 4 saturated heterocycles. The number of carbonyl (C=O) groups excluding carboxylic acids is 4. The fourth-order valence-corrected chi connectivity index (χ4v) is 12.3. The van der Waals surface area contributed by atoms with Crippen molar-refractivity contribution in [3.05, 3.63) is 69.9 Å². The molecule has 0 radical (unpaired) electrons. The molecule has 1 saturated carbocycles. The zero-order chi connectivity index (χ0) is 49.9. The van der Waals surface area contributed by atoms with E-state index in [0.29, 0.717) is 61.8 Å². The molecule has 0 bridgehead atoms. The Kier molecular flexibility index (Phi) is 13.3. The minimum Gasteiger partial charge on any atom is -0.453 e. The molecule has 71 heavy (non-hydrogen) atoms. The van der Waals surface area contributed by atoms with Crippen LogP contribution in [0.15, 0.2) is 30.3 Å². The summed E-state index contributed by atoms with van der Waals surface area (Å²) in [5.74, 6) is -0.490. The number of hydrogen-bond donors (Lipinski definition) is 4. The minimum absolute atomic E-state index is 0.0453. The fraction of sp³-hybridized carbons (Fsp3) is 0.585. The summed E-state index contributed by atoms with van der Waals surface area (Å²) in [4.78, 5) is 77.2. The highest BCUT2D eigenvalue weighted by Gasteiger charge is 2.46. The number of aromatic amines is 2. The number of alkyl carbamates (subject to hydrolysis) is 2. The van der Waals surface area contributed by atoms with E-state index in [4.69, 9.17) is 19.4 Å². The number of piperidine rings is 1. The number of anilines is 2. The average Bonchev–Trinajstić information content (AvgIpc) is 4.03. The Morgan fingerprint density at radius 3 is 1.89 bits per heavy atom. The maximum absolute atomic E-state index is 16.6. The number of carbonyl (C=O) groups is 4. The number of imidazole rings is 2. The molecule has 18 heteroatoms. The zero-order valence-electron chi connectivity index (χ0n) is 41.7. The number of nitrogens with zero attached hydrogens (tertiary/aromatic N) is 6. The van der Waals surface area contributed by atoms with Crippen LogP contribution in [-0.4, -0.2) is 112 Å². The van der Waals surface area contributed by atoms with Crippen LogP contribution in [0, 0.1) is 34.8 Å². The van der Waals surface area contributed by atoms with Crippen LogP contribution in [0.5, 0.6) is 0 Å². The molecule has 4 N–H and O–H groups in total. The van der Waals surface area contributed by atoms with Crippen LogP contribution in [0.25, 0.3) is 23.2 Å². The van der Waals surface area contributed by atoms with Crippen LogP contribution in [0.4, 0.5) is 29.7 Å². The van der Waals surface area contributed by atoms with Gasteiger partial charge < -0.3 is 49.7 Å². The minimum atomic E-state index is -0.756. The number of H-pyrrole nitrogens is 2. The summed E-state index contributed by atoms with van der Waals surface area (Å²) in [6.45, 7) is 9.92. The predicted molar refractivity (Wildman–Crippen MR) is 264 cm³/mol. The zero-order valence-corrected chi connectivity index (χ0v) is 41.7. The predicted octanol–water partition coefficient (Wildman–Crippen LogP) is 7.02.